The van der Waals surface area contributed by atoms with Crippen molar-refractivity contribution < 1.29 is 33.4 Å². The van der Waals surface area contributed by atoms with Crippen molar-refractivity contribution in [1.29, 1.82) is 0 Å². The van der Waals surface area contributed by atoms with Crippen molar-refractivity contribution >= 4 is 57.3 Å². The number of likely N-dealkylation sites (tertiary alicyclic amines) is 1. The molecule has 2 aliphatic heterocycles. The summed E-state index contributed by atoms with van der Waals surface area (Å²) in [6, 6.07) is 19.9. The number of para-hydroxylation sites is 1. The van der Waals surface area contributed by atoms with Gasteiger partial charge in [0.05, 0.1) is 25.3 Å². The monoisotopic (exact) mass is 754 g/mol. The molecule has 0 bridgehead atoms. The first-order valence-electron chi connectivity index (χ1n) is 18.1. The topological polar surface area (TPSA) is 144 Å². The number of nitrogens with zero attached hydrogens (tertiary/aromatic N) is 5. The summed E-state index contributed by atoms with van der Waals surface area (Å²) in [5, 5.41) is 3.50. The third-order valence-corrected chi connectivity index (χ3v) is 10.8. The molecule has 1 aromatic heterocycles. The zero-order valence-corrected chi connectivity index (χ0v) is 32.1. The van der Waals surface area contributed by atoms with Gasteiger partial charge < -0.3 is 34.2 Å². The molecule has 54 heavy (non-hydrogen) atoms. The first-order valence-corrected chi connectivity index (χ1v) is 19.1. The third-order valence-electron chi connectivity index (χ3n) is 9.77. The van der Waals surface area contributed by atoms with Crippen molar-refractivity contribution in [2.24, 2.45) is 5.92 Å². The van der Waals surface area contributed by atoms with Crippen LogP contribution in [0.1, 0.15) is 55.6 Å². The lowest BCUT2D eigenvalue weighted by atomic mass is 10.1. The van der Waals surface area contributed by atoms with E-state index in [1.807, 2.05) is 60.4 Å². The molecule has 3 heterocycles. The van der Waals surface area contributed by atoms with Crippen molar-refractivity contribution in [1.82, 2.24) is 19.8 Å². The van der Waals surface area contributed by atoms with Crippen molar-refractivity contribution in [3.05, 3.63) is 77.9 Å². The van der Waals surface area contributed by atoms with Crippen LogP contribution in [0.15, 0.2) is 66.7 Å². The van der Waals surface area contributed by atoms with Gasteiger partial charge in [-0.15, -0.1) is 0 Å². The van der Waals surface area contributed by atoms with Gasteiger partial charge in [-0.05, 0) is 43.5 Å². The number of aromatic nitrogens is 2. The van der Waals surface area contributed by atoms with E-state index in [9.17, 15) is 19.2 Å². The number of ether oxygens (including phenoxy) is 3. The van der Waals surface area contributed by atoms with Crippen LogP contribution in [0.4, 0.5) is 11.8 Å². The van der Waals surface area contributed by atoms with Gasteiger partial charge in [0.25, 0.3) is 5.91 Å². The fraction of sp³-hybridized carbons (Fsp3) is 0.400. The highest BCUT2D eigenvalue weighted by Gasteiger charge is 2.37. The van der Waals surface area contributed by atoms with E-state index in [0.717, 1.165) is 17.3 Å². The Kier molecular flexibility index (Phi) is 12.2. The van der Waals surface area contributed by atoms with Crippen LogP contribution in [0.25, 0.3) is 10.9 Å². The standard InChI is InChI=1S/C40H46N6O7S/c1-25(24-54-27(3)47)38(49)46-17-11-15-32(46)37(48)42-36-30-22-34(51-4)35(52-5)23-31(30)41-40(43-36)45-20-18-44(19-21-45)39(50)29-14-9-10-16-33(29)53-26(2)28-12-7-6-8-13-28/h6-10,12-14,16,22-23,25-26,32H,11,15,17-21,24H2,1-5H3,(H,41,42,43,48). The van der Waals surface area contributed by atoms with E-state index in [4.69, 9.17) is 24.2 Å². The molecule has 284 valence electrons. The van der Waals surface area contributed by atoms with Crippen LogP contribution >= 0.6 is 11.8 Å². The lowest BCUT2D eigenvalue weighted by molar-refractivity contribution is -0.139. The summed E-state index contributed by atoms with van der Waals surface area (Å²) in [5.41, 5.74) is 2.03. The Morgan fingerprint density at radius 2 is 1.56 bits per heavy atom. The maximum absolute atomic E-state index is 13.9. The molecule has 3 aromatic carbocycles. The van der Waals surface area contributed by atoms with Crippen LogP contribution in [0, 0.1) is 5.92 Å². The van der Waals surface area contributed by atoms with E-state index in [1.165, 1.54) is 21.1 Å². The quantitative estimate of drug-likeness (QED) is 0.193. The highest BCUT2D eigenvalue weighted by atomic mass is 32.2. The van der Waals surface area contributed by atoms with Gasteiger partial charge in [-0.2, -0.15) is 4.98 Å². The molecule has 0 saturated carbocycles. The number of nitrogens with one attached hydrogen (secondary N) is 1. The molecule has 2 aliphatic rings. The van der Waals surface area contributed by atoms with Crippen molar-refractivity contribution in [3.8, 4) is 17.2 Å². The minimum Gasteiger partial charge on any atom is -0.493 e. The Labute approximate surface area is 319 Å². The molecular weight excluding hydrogens is 709 g/mol. The van der Waals surface area contributed by atoms with Gasteiger partial charge >= 0.3 is 0 Å². The smallest absolute Gasteiger partial charge is 0.257 e. The average molecular weight is 755 g/mol. The molecule has 0 radical (unpaired) electrons. The van der Waals surface area contributed by atoms with E-state index in [0.29, 0.717) is 91.0 Å². The van der Waals surface area contributed by atoms with Crippen LogP contribution in [0.5, 0.6) is 17.2 Å². The number of hydrogen-bond donors (Lipinski definition) is 1. The number of anilines is 2. The van der Waals surface area contributed by atoms with E-state index in [1.54, 1.807) is 34.9 Å². The minimum absolute atomic E-state index is 0.0546. The summed E-state index contributed by atoms with van der Waals surface area (Å²) in [6.07, 6.45) is 0.947. The summed E-state index contributed by atoms with van der Waals surface area (Å²) in [5.74, 6) is 1.39. The third kappa shape index (κ3) is 8.54. The van der Waals surface area contributed by atoms with Gasteiger partial charge in [-0.1, -0.05) is 61.2 Å². The van der Waals surface area contributed by atoms with Gasteiger partial charge in [-0.25, -0.2) is 4.98 Å². The number of carbonyl (C=O) groups is 4. The summed E-state index contributed by atoms with van der Waals surface area (Å²) in [6.45, 7) is 7.39. The molecule has 3 atom stereocenters. The SMILES string of the molecule is COc1cc2nc(N3CCN(C(=O)c4ccccc4OC(C)c4ccccc4)CC3)nc(NC(=O)C3CCCN3C(=O)C(C)CSC(C)=O)c2cc1OC. The molecule has 14 heteroatoms. The molecule has 2 fully saturated rings. The van der Waals surface area contributed by atoms with Crippen LogP contribution in [-0.2, 0) is 14.4 Å². The highest BCUT2D eigenvalue weighted by molar-refractivity contribution is 8.13. The predicted octanol–water partition coefficient (Wildman–Crippen LogP) is 5.59. The summed E-state index contributed by atoms with van der Waals surface area (Å²) >= 11 is 1.11. The lowest BCUT2D eigenvalue weighted by Crippen LogP contribution is -2.49. The number of amides is 3. The first-order chi connectivity index (χ1) is 26.1. The number of piperazine rings is 1. The van der Waals surface area contributed by atoms with Crippen LogP contribution in [0.2, 0.25) is 0 Å². The Morgan fingerprint density at radius 3 is 2.26 bits per heavy atom. The van der Waals surface area contributed by atoms with Gasteiger partial charge in [-0.3, -0.25) is 19.2 Å². The minimum atomic E-state index is -0.687. The van der Waals surface area contributed by atoms with Crippen LogP contribution < -0.4 is 24.4 Å². The van der Waals surface area contributed by atoms with Crippen molar-refractivity contribution in [2.75, 3.05) is 62.9 Å². The van der Waals surface area contributed by atoms with Crippen LogP contribution in [-0.4, -0.2) is 101 Å². The molecule has 6 rings (SSSR count). The second-order valence-electron chi connectivity index (χ2n) is 13.4. The molecule has 4 aromatic rings. The fourth-order valence-corrected chi connectivity index (χ4v) is 7.42. The summed E-state index contributed by atoms with van der Waals surface area (Å²) < 4.78 is 17.4. The Balaban J connectivity index is 1.21. The Hall–Kier alpha value is -5.37. The van der Waals surface area contributed by atoms with E-state index >= 15 is 0 Å². The molecule has 1 N–H and O–H groups in total. The normalized spacial score (nSPS) is 16.8. The second-order valence-corrected chi connectivity index (χ2v) is 14.6. The molecule has 0 aliphatic carbocycles. The zero-order chi connectivity index (χ0) is 38.4. The number of benzene rings is 3. The summed E-state index contributed by atoms with van der Waals surface area (Å²) in [4.78, 5) is 67.7. The Morgan fingerprint density at radius 1 is 0.870 bits per heavy atom. The number of rotatable bonds is 12. The van der Waals surface area contributed by atoms with Crippen molar-refractivity contribution in [3.63, 3.8) is 0 Å². The van der Waals surface area contributed by atoms with Crippen molar-refractivity contribution in [2.45, 2.75) is 45.8 Å². The van der Waals surface area contributed by atoms with Gasteiger partial charge in [0.15, 0.2) is 16.6 Å². The predicted molar refractivity (Wildman–Crippen MR) is 208 cm³/mol. The largest absolute Gasteiger partial charge is 0.493 e. The molecule has 2 saturated heterocycles. The van der Waals surface area contributed by atoms with Gasteiger partial charge in [0.1, 0.15) is 23.7 Å². The number of methoxy groups -OCH3 is 2. The maximum Gasteiger partial charge on any atom is 0.257 e. The fourth-order valence-electron chi connectivity index (χ4n) is 6.79. The molecule has 0 spiro atoms. The highest BCUT2D eigenvalue weighted by Crippen LogP contribution is 2.36. The molecule has 13 nitrogen and oxygen atoms in total. The molecule has 3 unspecified atom stereocenters. The number of carbonyl (C=O) groups excluding carboxylic acids is 4. The second kappa shape index (κ2) is 17.2. The number of thioether (sulfide) groups is 1. The van der Waals surface area contributed by atoms with Crippen LogP contribution in [0.3, 0.4) is 0 Å². The van der Waals surface area contributed by atoms with E-state index in [2.05, 4.69) is 5.32 Å². The van der Waals surface area contributed by atoms with Gasteiger partial charge in [0, 0.05) is 62.8 Å². The average Bonchev–Trinajstić information content (AvgIpc) is 3.70. The van der Waals surface area contributed by atoms with E-state index in [-0.39, 0.29) is 34.8 Å². The lowest BCUT2D eigenvalue weighted by Gasteiger charge is -2.35. The molecule has 3 amide bonds. The number of hydrogen-bond acceptors (Lipinski definition) is 11. The zero-order valence-electron chi connectivity index (χ0n) is 31.2. The number of fused-ring (bicyclic) bond motifs is 1. The Bertz CT molecular complexity index is 2010. The van der Waals surface area contributed by atoms with E-state index < -0.39 is 12.0 Å². The molecular formula is C40H46N6O7S. The first kappa shape index (κ1) is 38.4. The maximum atomic E-state index is 13.9. The van der Waals surface area contributed by atoms with Gasteiger partial charge in [0.2, 0.25) is 17.8 Å². The summed E-state index contributed by atoms with van der Waals surface area (Å²) in [7, 11) is 3.07.